The second kappa shape index (κ2) is 7.96. The Balaban J connectivity index is 2.60. The molecule has 1 aromatic heterocycles. The number of rotatable bonds is 7. The van der Waals surface area contributed by atoms with E-state index < -0.39 is 42.1 Å². The number of alkyl halides is 3. The molecule has 154 valence electrons. The van der Waals surface area contributed by atoms with E-state index in [2.05, 4.69) is 4.98 Å². The van der Waals surface area contributed by atoms with Crippen LogP contribution >= 0.6 is 0 Å². The SMILES string of the molecule is Cc1ccc(S(=O)(=O)OC(CC[Si](C)(C)C)(c2ccccn2)C(F)(F)F)cc1. The third-order valence-corrected chi connectivity index (χ3v) is 7.43. The predicted molar refractivity (Wildman–Crippen MR) is 104 cm³/mol. The minimum Gasteiger partial charge on any atom is -0.258 e. The van der Waals surface area contributed by atoms with Crippen molar-refractivity contribution in [3.63, 3.8) is 0 Å². The van der Waals surface area contributed by atoms with Gasteiger partial charge in [0.2, 0.25) is 5.60 Å². The van der Waals surface area contributed by atoms with Gasteiger partial charge in [-0.25, -0.2) is 4.18 Å². The maximum absolute atomic E-state index is 14.3. The van der Waals surface area contributed by atoms with Crippen LogP contribution in [0.4, 0.5) is 13.2 Å². The first-order chi connectivity index (χ1) is 12.8. The second-order valence-electron chi connectivity index (χ2n) is 7.95. The number of benzene rings is 1. The van der Waals surface area contributed by atoms with Crippen molar-refractivity contribution in [3.8, 4) is 0 Å². The van der Waals surface area contributed by atoms with Crippen LogP contribution in [-0.2, 0) is 19.9 Å². The van der Waals surface area contributed by atoms with Gasteiger partial charge in [-0.15, -0.1) is 0 Å². The monoisotopic (exact) mass is 431 g/mol. The Morgan fingerprint density at radius 1 is 1.04 bits per heavy atom. The lowest BCUT2D eigenvalue weighted by atomic mass is 9.95. The van der Waals surface area contributed by atoms with E-state index >= 15 is 0 Å². The van der Waals surface area contributed by atoms with Crippen LogP contribution in [0.1, 0.15) is 17.7 Å². The fraction of sp³-hybridized carbons (Fsp3) is 0.421. The maximum Gasteiger partial charge on any atom is 0.424 e. The molecule has 0 saturated carbocycles. The third kappa shape index (κ3) is 5.21. The Morgan fingerprint density at radius 2 is 1.64 bits per heavy atom. The molecule has 0 spiro atoms. The molecule has 0 fully saturated rings. The van der Waals surface area contributed by atoms with Crippen molar-refractivity contribution in [2.24, 2.45) is 0 Å². The topological polar surface area (TPSA) is 56.3 Å². The molecule has 2 rings (SSSR count). The average Bonchev–Trinajstić information content (AvgIpc) is 2.58. The van der Waals surface area contributed by atoms with Gasteiger partial charge in [0.05, 0.1) is 10.6 Å². The Labute approximate surface area is 164 Å². The number of hydrogen-bond donors (Lipinski definition) is 0. The zero-order chi connectivity index (χ0) is 21.2. The summed E-state index contributed by atoms with van der Waals surface area (Å²) in [6.45, 7) is 7.50. The molecule has 2 aromatic rings. The quantitative estimate of drug-likeness (QED) is 0.442. The van der Waals surface area contributed by atoms with E-state index in [1.807, 2.05) is 19.6 Å². The number of halogens is 3. The Bertz CT molecular complexity index is 895. The van der Waals surface area contributed by atoms with Crippen molar-refractivity contribution < 1.29 is 25.8 Å². The Morgan fingerprint density at radius 3 is 2.11 bits per heavy atom. The van der Waals surface area contributed by atoms with E-state index in [0.717, 1.165) is 11.6 Å². The fourth-order valence-corrected chi connectivity index (χ4v) is 4.95. The van der Waals surface area contributed by atoms with Gasteiger partial charge in [0.15, 0.2) is 0 Å². The summed E-state index contributed by atoms with van der Waals surface area (Å²) in [7, 11) is -6.62. The highest BCUT2D eigenvalue weighted by atomic mass is 32.2. The summed E-state index contributed by atoms with van der Waals surface area (Å²) in [5, 5.41) is 0. The molecule has 0 bridgehead atoms. The lowest BCUT2D eigenvalue weighted by Gasteiger charge is -2.35. The van der Waals surface area contributed by atoms with Gasteiger partial charge in [-0.1, -0.05) is 49.4 Å². The van der Waals surface area contributed by atoms with Gasteiger partial charge in [0.25, 0.3) is 10.1 Å². The zero-order valence-corrected chi connectivity index (χ0v) is 18.1. The van der Waals surface area contributed by atoms with Crippen LogP contribution in [-0.4, -0.2) is 27.7 Å². The number of aryl methyl sites for hydroxylation is 1. The molecule has 0 saturated heterocycles. The van der Waals surface area contributed by atoms with Gasteiger partial charge in [-0.3, -0.25) is 4.98 Å². The van der Waals surface area contributed by atoms with Crippen molar-refractivity contribution in [2.75, 3.05) is 0 Å². The van der Waals surface area contributed by atoms with Crippen molar-refractivity contribution >= 4 is 18.2 Å². The summed E-state index contributed by atoms with van der Waals surface area (Å²) in [6.07, 6.45) is -4.29. The molecule has 0 aliphatic carbocycles. The molecular formula is C19H24F3NO3SSi. The highest BCUT2D eigenvalue weighted by Crippen LogP contribution is 2.47. The lowest BCUT2D eigenvalue weighted by molar-refractivity contribution is -0.256. The van der Waals surface area contributed by atoms with Gasteiger partial charge in [-0.05, 0) is 37.6 Å². The summed E-state index contributed by atoms with van der Waals surface area (Å²) >= 11 is 0. The first kappa shape index (κ1) is 22.6. The van der Waals surface area contributed by atoms with Crippen molar-refractivity contribution in [3.05, 3.63) is 59.9 Å². The first-order valence-corrected chi connectivity index (χ1v) is 13.9. The van der Waals surface area contributed by atoms with Crippen LogP contribution in [0.2, 0.25) is 25.7 Å². The molecule has 1 heterocycles. The van der Waals surface area contributed by atoms with Gasteiger partial charge >= 0.3 is 6.18 Å². The number of hydrogen-bond acceptors (Lipinski definition) is 4. The van der Waals surface area contributed by atoms with Crippen molar-refractivity contribution in [1.29, 1.82) is 0 Å². The Kier molecular flexibility index (Phi) is 6.42. The maximum atomic E-state index is 14.3. The standard InChI is InChI=1S/C19H24F3NO3SSi/c1-15-8-10-16(11-9-15)27(24,25)26-18(19(20,21)22,12-14-28(2,3)4)17-7-5-6-13-23-17/h5-11,13H,12,14H2,1-4H3. The molecule has 4 nitrogen and oxygen atoms in total. The highest BCUT2D eigenvalue weighted by Gasteiger charge is 2.61. The summed E-state index contributed by atoms with van der Waals surface area (Å²) < 4.78 is 73.5. The predicted octanol–water partition coefficient (Wildman–Crippen LogP) is 5.28. The molecule has 0 N–H and O–H groups in total. The molecule has 9 heteroatoms. The van der Waals surface area contributed by atoms with Crippen LogP contribution in [0.25, 0.3) is 0 Å². The van der Waals surface area contributed by atoms with E-state index in [9.17, 15) is 21.6 Å². The lowest BCUT2D eigenvalue weighted by Crippen LogP contribution is -2.48. The molecule has 0 radical (unpaired) electrons. The minimum absolute atomic E-state index is 0.215. The molecule has 1 unspecified atom stereocenters. The largest absolute Gasteiger partial charge is 0.424 e. The van der Waals surface area contributed by atoms with Gasteiger partial charge in [-0.2, -0.15) is 21.6 Å². The average molecular weight is 432 g/mol. The van der Waals surface area contributed by atoms with E-state index in [0.29, 0.717) is 0 Å². The molecule has 0 amide bonds. The van der Waals surface area contributed by atoms with E-state index in [1.165, 1.54) is 42.6 Å². The van der Waals surface area contributed by atoms with Gasteiger partial charge in [0.1, 0.15) is 0 Å². The number of aromatic nitrogens is 1. The molecule has 28 heavy (non-hydrogen) atoms. The van der Waals surface area contributed by atoms with E-state index in [1.54, 1.807) is 6.92 Å². The van der Waals surface area contributed by atoms with Crippen molar-refractivity contribution in [2.45, 2.75) is 55.7 Å². The first-order valence-electron chi connectivity index (χ1n) is 8.77. The number of nitrogens with zero attached hydrogens (tertiary/aromatic N) is 1. The third-order valence-electron chi connectivity index (χ3n) is 4.33. The summed E-state index contributed by atoms with van der Waals surface area (Å²) in [4.78, 5) is 3.49. The minimum atomic E-state index is -4.97. The summed E-state index contributed by atoms with van der Waals surface area (Å²) in [5.41, 5.74) is -2.72. The van der Waals surface area contributed by atoms with Gasteiger partial charge < -0.3 is 0 Å². The van der Waals surface area contributed by atoms with Crippen molar-refractivity contribution in [1.82, 2.24) is 4.98 Å². The van der Waals surface area contributed by atoms with E-state index in [4.69, 9.17) is 4.18 Å². The fourth-order valence-electron chi connectivity index (χ4n) is 2.64. The smallest absolute Gasteiger partial charge is 0.258 e. The molecular weight excluding hydrogens is 407 g/mol. The summed E-state index contributed by atoms with van der Waals surface area (Å²) in [5.74, 6) is 0. The van der Waals surface area contributed by atoms with Crippen LogP contribution in [0, 0.1) is 6.92 Å². The van der Waals surface area contributed by atoms with Crippen LogP contribution in [0.5, 0.6) is 0 Å². The molecule has 1 aromatic carbocycles. The Hall–Kier alpha value is -1.71. The second-order valence-corrected chi connectivity index (χ2v) is 15.1. The molecule has 0 aliphatic rings. The molecule has 0 aliphatic heterocycles. The normalized spacial score (nSPS) is 15.2. The zero-order valence-electron chi connectivity index (χ0n) is 16.2. The van der Waals surface area contributed by atoms with Crippen LogP contribution in [0.3, 0.4) is 0 Å². The van der Waals surface area contributed by atoms with E-state index in [-0.39, 0.29) is 10.9 Å². The number of pyridine rings is 1. The van der Waals surface area contributed by atoms with Crippen LogP contribution < -0.4 is 0 Å². The molecule has 1 atom stereocenters. The highest BCUT2D eigenvalue weighted by molar-refractivity contribution is 7.86. The van der Waals surface area contributed by atoms with Gasteiger partial charge in [0, 0.05) is 14.3 Å². The summed E-state index contributed by atoms with van der Waals surface area (Å²) in [6, 6.07) is 9.72. The van der Waals surface area contributed by atoms with Crippen LogP contribution in [0.15, 0.2) is 53.6 Å².